The smallest absolute Gasteiger partial charge is 0.254 e. The SMILES string of the molecule is COc1ccc(NC(=O)CNC(=O)CN(Cc2ccc(F)cc2)C(=O)c2cc(Cl)cc(Cl)c2)cc1. The largest absolute Gasteiger partial charge is 0.497 e. The molecule has 0 atom stereocenters. The van der Waals surface area contributed by atoms with Crippen molar-refractivity contribution in [3.05, 3.63) is 93.7 Å². The van der Waals surface area contributed by atoms with E-state index in [-0.39, 0.29) is 35.2 Å². The van der Waals surface area contributed by atoms with Gasteiger partial charge in [-0.15, -0.1) is 0 Å². The van der Waals surface area contributed by atoms with Crippen molar-refractivity contribution in [3.63, 3.8) is 0 Å². The third-order valence-electron chi connectivity index (χ3n) is 4.84. The van der Waals surface area contributed by atoms with E-state index in [2.05, 4.69) is 10.6 Å². The van der Waals surface area contributed by atoms with Crippen molar-refractivity contribution in [3.8, 4) is 5.75 Å². The molecule has 182 valence electrons. The molecule has 0 saturated carbocycles. The van der Waals surface area contributed by atoms with Gasteiger partial charge in [-0.3, -0.25) is 14.4 Å². The highest BCUT2D eigenvalue weighted by Crippen LogP contribution is 2.21. The quantitative estimate of drug-likeness (QED) is 0.436. The van der Waals surface area contributed by atoms with Gasteiger partial charge in [0.2, 0.25) is 11.8 Å². The minimum absolute atomic E-state index is 0.0225. The second kappa shape index (κ2) is 12.2. The average molecular weight is 518 g/mol. The van der Waals surface area contributed by atoms with Crippen molar-refractivity contribution >= 4 is 46.6 Å². The molecule has 3 rings (SSSR count). The van der Waals surface area contributed by atoms with Gasteiger partial charge in [0, 0.05) is 27.8 Å². The number of rotatable bonds is 9. The highest BCUT2D eigenvalue weighted by atomic mass is 35.5. The molecule has 3 aromatic rings. The van der Waals surface area contributed by atoms with Crippen LogP contribution in [-0.4, -0.2) is 42.8 Å². The summed E-state index contributed by atoms with van der Waals surface area (Å²) in [7, 11) is 1.54. The monoisotopic (exact) mass is 517 g/mol. The van der Waals surface area contributed by atoms with E-state index in [9.17, 15) is 18.8 Å². The standard InChI is InChI=1S/C25H22Cl2FN3O4/c1-35-22-8-6-21(7-9-22)30-23(32)13-29-24(33)15-31(14-16-2-4-20(28)5-3-16)25(34)17-10-18(26)12-19(27)11-17/h2-12H,13-15H2,1H3,(H,29,33)(H,30,32). The minimum Gasteiger partial charge on any atom is -0.497 e. The number of hydrogen-bond donors (Lipinski definition) is 2. The highest BCUT2D eigenvalue weighted by Gasteiger charge is 2.21. The van der Waals surface area contributed by atoms with Crippen LogP contribution in [-0.2, 0) is 16.1 Å². The van der Waals surface area contributed by atoms with Gasteiger partial charge in [0.05, 0.1) is 13.7 Å². The van der Waals surface area contributed by atoms with Crippen LogP contribution in [0.3, 0.4) is 0 Å². The first-order valence-corrected chi connectivity index (χ1v) is 11.2. The molecule has 0 unspecified atom stereocenters. The van der Waals surface area contributed by atoms with Crippen LogP contribution in [0.1, 0.15) is 15.9 Å². The Kier molecular flexibility index (Phi) is 9.05. The van der Waals surface area contributed by atoms with Gasteiger partial charge in [-0.2, -0.15) is 0 Å². The summed E-state index contributed by atoms with van der Waals surface area (Å²) in [5.41, 5.74) is 1.34. The second-order valence-corrected chi connectivity index (χ2v) is 8.37. The van der Waals surface area contributed by atoms with Crippen LogP contribution in [0.2, 0.25) is 10.0 Å². The van der Waals surface area contributed by atoms with Crippen molar-refractivity contribution in [2.75, 3.05) is 25.5 Å². The number of nitrogens with zero attached hydrogens (tertiary/aromatic N) is 1. The summed E-state index contributed by atoms with van der Waals surface area (Å²) in [4.78, 5) is 39.2. The fourth-order valence-electron chi connectivity index (χ4n) is 3.16. The number of methoxy groups -OCH3 is 1. The van der Waals surface area contributed by atoms with Crippen LogP contribution in [0.5, 0.6) is 5.75 Å². The minimum atomic E-state index is -0.557. The Morgan fingerprint density at radius 1 is 0.914 bits per heavy atom. The molecule has 0 aliphatic rings. The number of hydrogen-bond acceptors (Lipinski definition) is 4. The van der Waals surface area contributed by atoms with Gasteiger partial charge in [0.1, 0.15) is 18.1 Å². The number of benzene rings is 3. The highest BCUT2D eigenvalue weighted by molar-refractivity contribution is 6.35. The molecule has 0 spiro atoms. The van der Waals surface area contributed by atoms with E-state index in [1.807, 2.05) is 0 Å². The Hall–Kier alpha value is -3.62. The lowest BCUT2D eigenvalue weighted by atomic mass is 10.1. The molecule has 7 nitrogen and oxygen atoms in total. The number of amides is 3. The molecule has 3 amide bonds. The molecular formula is C25H22Cl2FN3O4. The molecule has 0 aliphatic carbocycles. The fourth-order valence-corrected chi connectivity index (χ4v) is 3.68. The zero-order valence-corrected chi connectivity index (χ0v) is 20.2. The normalized spacial score (nSPS) is 10.4. The maximum absolute atomic E-state index is 13.3. The second-order valence-electron chi connectivity index (χ2n) is 7.50. The van der Waals surface area contributed by atoms with E-state index in [1.54, 1.807) is 24.3 Å². The number of nitrogens with one attached hydrogen (secondary N) is 2. The number of ether oxygens (including phenoxy) is 1. The summed E-state index contributed by atoms with van der Waals surface area (Å²) in [6, 6.07) is 16.6. The van der Waals surface area contributed by atoms with Crippen molar-refractivity contribution in [1.29, 1.82) is 0 Å². The number of halogens is 3. The molecule has 0 saturated heterocycles. The molecule has 0 fully saturated rings. The van der Waals surface area contributed by atoms with Crippen molar-refractivity contribution in [1.82, 2.24) is 10.2 Å². The zero-order chi connectivity index (χ0) is 25.4. The summed E-state index contributed by atoms with van der Waals surface area (Å²) in [5, 5.41) is 5.68. The first-order valence-electron chi connectivity index (χ1n) is 10.4. The molecule has 10 heteroatoms. The van der Waals surface area contributed by atoms with Gasteiger partial charge >= 0.3 is 0 Å². The van der Waals surface area contributed by atoms with E-state index in [0.717, 1.165) is 0 Å². The van der Waals surface area contributed by atoms with E-state index in [0.29, 0.717) is 17.0 Å². The zero-order valence-electron chi connectivity index (χ0n) is 18.7. The van der Waals surface area contributed by atoms with Crippen LogP contribution in [0.4, 0.5) is 10.1 Å². The van der Waals surface area contributed by atoms with E-state index >= 15 is 0 Å². The number of anilines is 1. The third kappa shape index (κ3) is 7.98. The van der Waals surface area contributed by atoms with E-state index in [1.165, 1.54) is 54.5 Å². The van der Waals surface area contributed by atoms with Crippen molar-refractivity contribution in [2.24, 2.45) is 0 Å². The van der Waals surface area contributed by atoms with Crippen LogP contribution in [0, 0.1) is 5.82 Å². The molecule has 2 N–H and O–H groups in total. The first kappa shape index (κ1) is 26.0. The summed E-state index contributed by atoms with van der Waals surface area (Å²) >= 11 is 12.0. The van der Waals surface area contributed by atoms with Gasteiger partial charge < -0.3 is 20.3 Å². The van der Waals surface area contributed by atoms with Crippen LogP contribution in [0.25, 0.3) is 0 Å². The Balaban J connectivity index is 1.66. The molecule has 0 aliphatic heterocycles. The van der Waals surface area contributed by atoms with Crippen LogP contribution >= 0.6 is 23.2 Å². The van der Waals surface area contributed by atoms with E-state index < -0.39 is 23.5 Å². The van der Waals surface area contributed by atoms with Gasteiger partial charge in [0.25, 0.3) is 5.91 Å². The van der Waals surface area contributed by atoms with Crippen molar-refractivity contribution in [2.45, 2.75) is 6.54 Å². The maximum atomic E-state index is 13.3. The van der Waals surface area contributed by atoms with Crippen LogP contribution in [0.15, 0.2) is 66.7 Å². The predicted molar refractivity (Wildman–Crippen MR) is 132 cm³/mol. The Bertz CT molecular complexity index is 1180. The van der Waals surface area contributed by atoms with Gasteiger partial charge in [-0.25, -0.2) is 4.39 Å². The Labute approximate surface area is 211 Å². The molecule has 0 bridgehead atoms. The summed E-state index contributed by atoms with van der Waals surface area (Å²) in [5.74, 6) is -1.28. The lowest BCUT2D eigenvalue weighted by molar-refractivity contribution is -0.124. The topological polar surface area (TPSA) is 87.7 Å². The number of carbonyl (C=O) groups excluding carboxylic acids is 3. The molecular weight excluding hydrogens is 496 g/mol. The summed E-state index contributed by atoms with van der Waals surface area (Å²) < 4.78 is 18.4. The third-order valence-corrected chi connectivity index (χ3v) is 5.27. The van der Waals surface area contributed by atoms with Gasteiger partial charge in [0.15, 0.2) is 0 Å². The first-order chi connectivity index (χ1) is 16.7. The van der Waals surface area contributed by atoms with Gasteiger partial charge in [-0.05, 0) is 60.2 Å². The lowest BCUT2D eigenvalue weighted by Crippen LogP contribution is -2.42. The fraction of sp³-hybridized carbons (Fsp3) is 0.160. The van der Waals surface area contributed by atoms with Crippen LogP contribution < -0.4 is 15.4 Å². The molecule has 3 aromatic carbocycles. The average Bonchev–Trinajstić information content (AvgIpc) is 2.83. The molecule has 0 heterocycles. The summed E-state index contributed by atoms with van der Waals surface area (Å²) in [6.45, 7) is -0.628. The Morgan fingerprint density at radius 2 is 1.54 bits per heavy atom. The molecule has 0 aromatic heterocycles. The Morgan fingerprint density at radius 3 is 2.14 bits per heavy atom. The van der Waals surface area contributed by atoms with E-state index in [4.69, 9.17) is 27.9 Å². The number of carbonyl (C=O) groups is 3. The van der Waals surface area contributed by atoms with Crippen molar-refractivity contribution < 1.29 is 23.5 Å². The summed E-state index contributed by atoms with van der Waals surface area (Å²) in [6.07, 6.45) is 0. The molecule has 0 radical (unpaired) electrons. The maximum Gasteiger partial charge on any atom is 0.254 e. The van der Waals surface area contributed by atoms with Gasteiger partial charge in [-0.1, -0.05) is 35.3 Å². The molecule has 35 heavy (non-hydrogen) atoms. The lowest BCUT2D eigenvalue weighted by Gasteiger charge is -2.23. The predicted octanol–water partition coefficient (Wildman–Crippen LogP) is 4.54.